The van der Waals surface area contributed by atoms with Crippen LogP contribution in [0.5, 0.6) is 0 Å². The fourth-order valence-corrected chi connectivity index (χ4v) is 2.78. The van der Waals surface area contributed by atoms with E-state index >= 15 is 0 Å². The Morgan fingerprint density at radius 1 is 0.923 bits per heavy atom. The molecule has 0 N–H and O–H groups in total. The second-order valence-corrected chi connectivity index (χ2v) is 7.09. The molecule has 0 spiro atoms. The van der Waals surface area contributed by atoms with Crippen LogP contribution in [0.2, 0.25) is 0 Å². The summed E-state index contributed by atoms with van der Waals surface area (Å²) in [5.74, 6) is 1.66. The summed E-state index contributed by atoms with van der Waals surface area (Å²) in [6.45, 7) is 8.47. The third-order valence-electron chi connectivity index (χ3n) is 4.18. The van der Waals surface area contributed by atoms with Crippen LogP contribution in [0.3, 0.4) is 0 Å². The predicted octanol–water partition coefficient (Wildman–Crippen LogP) is 4.98. The molecule has 0 unspecified atom stereocenters. The molecule has 0 aliphatic carbocycles. The normalized spacial score (nSPS) is 13.3. The van der Waals surface area contributed by atoms with Crippen LogP contribution in [-0.4, -0.2) is 9.97 Å². The monoisotopic (exact) mass is 521 g/mol. The van der Waals surface area contributed by atoms with E-state index in [-0.39, 0.29) is 25.5 Å². The number of para-hydroxylation sites is 2. The van der Waals surface area contributed by atoms with Crippen LogP contribution in [0.4, 0.5) is 23.0 Å². The smallest absolute Gasteiger partial charge is 0.145 e. The van der Waals surface area contributed by atoms with Gasteiger partial charge in [0.1, 0.15) is 11.6 Å². The first kappa shape index (κ1) is 18.6. The van der Waals surface area contributed by atoms with Gasteiger partial charge in [-0.25, -0.2) is 9.97 Å². The Morgan fingerprint density at radius 2 is 1.65 bits per heavy atom. The van der Waals surface area contributed by atoms with Crippen molar-refractivity contribution >= 4 is 23.0 Å². The predicted molar refractivity (Wildman–Crippen MR) is 101 cm³/mol. The second-order valence-electron chi connectivity index (χ2n) is 7.09. The summed E-state index contributed by atoms with van der Waals surface area (Å²) in [6.07, 6.45) is 1.88. The summed E-state index contributed by atoms with van der Waals surface area (Å²) < 4.78 is 0. The standard InChI is InChI=1S/C21H20N4.Ir/c1-21(2,3)18-14-22-19-20(23-18)25(17-12-8-5-9-13-17)15-24(19)16-10-6-4-7-11-16;/h4-12,14-15H,1-3H3;/q-2;. The van der Waals surface area contributed by atoms with Crippen LogP contribution >= 0.6 is 0 Å². The van der Waals surface area contributed by atoms with Gasteiger partial charge in [-0.1, -0.05) is 39.0 Å². The van der Waals surface area contributed by atoms with Crippen molar-refractivity contribution in [1.29, 1.82) is 0 Å². The maximum atomic E-state index is 4.93. The van der Waals surface area contributed by atoms with Crippen LogP contribution in [0.1, 0.15) is 26.5 Å². The summed E-state index contributed by atoms with van der Waals surface area (Å²) in [5, 5.41) is 0. The molecular formula is C21H20IrN4-2. The van der Waals surface area contributed by atoms with Crippen LogP contribution in [0.25, 0.3) is 0 Å². The first-order chi connectivity index (χ1) is 12.0. The number of nitrogens with zero attached hydrogens (tertiary/aromatic N) is 4. The van der Waals surface area contributed by atoms with Crippen molar-refractivity contribution in [1.82, 2.24) is 9.97 Å². The molecule has 5 heteroatoms. The van der Waals surface area contributed by atoms with Gasteiger partial charge in [0.05, 0.1) is 11.9 Å². The number of hydrogen-bond acceptors (Lipinski definition) is 4. The number of benzene rings is 2. The van der Waals surface area contributed by atoms with Crippen LogP contribution < -0.4 is 9.80 Å². The van der Waals surface area contributed by atoms with E-state index < -0.39 is 0 Å². The first-order valence-electron chi connectivity index (χ1n) is 8.37. The largest absolute Gasteiger partial charge is 0.477 e. The zero-order chi connectivity index (χ0) is 17.4. The molecule has 2 aromatic carbocycles. The molecule has 0 bridgehead atoms. The van der Waals surface area contributed by atoms with E-state index in [9.17, 15) is 0 Å². The van der Waals surface area contributed by atoms with Gasteiger partial charge in [0.2, 0.25) is 0 Å². The summed E-state index contributed by atoms with van der Waals surface area (Å²) in [4.78, 5) is 13.8. The number of rotatable bonds is 2. The van der Waals surface area contributed by atoms with E-state index in [0.29, 0.717) is 0 Å². The van der Waals surface area contributed by atoms with Crippen molar-refractivity contribution in [3.63, 3.8) is 0 Å². The molecule has 0 amide bonds. The molecule has 0 saturated heterocycles. The van der Waals surface area contributed by atoms with Gasteiger partial charge < -0.3 is 9.80 Å². The summed E-state index contributed by atoms with van der Waals surface area (Å²) >= 11 is 0. The summed E-state index contributed by atoms with van der Waals surface area (Å²) in [5.41, 5.74) is 2.91. The molecule has 135 valence electrons. The van der Waals surface area contributed by atoms with Crippen molar-refractivity contribution in [2.75, 3.05) is 9.80 Å². The molecule has 0 fully saturated rings. The van der Waals surface area contributed by atoms with E-state index in [1.54, 1.807) is 0 Å². The number of aromatic nitrogens is 2. The zero-order valence-electron chi connectivity index (χ0n) is 15.0. The van der Waals surface area contributed by atoms with Gasteiger partial charge in [-0.2, -0.15) is 30.3 Å². The Balaban J connectivity index is 0.00000196. The molecule has 1 radical (unpaired) electrons. The molecule has 1 aliphatic heterocycles. The van der Waals surface area contributed by atoms with Crippen molar-refractivity contribution in [3.8, 4) is 0 Å². The Kier molecular flexibility index (Phi) is 5.12. The van der Waals surface area contributed by atoms with Crippen LogP contribution in [0, 0.1) is 12.7 Å². The average Bonchev–Trinajstić information content (AvgIpc) is 3.01. The van der Waals surface area contributed by atoms with E-state index in [4.69, 9.17) is 9.97 Å². The topological polar surface area (TPSA) is 32.3 Å². The quantitative estimate of drug-likeness (QED) is 0.446. The molecule has 4 nitrogen and oxygen atoms in total. The maximum absolute atomic E-state index is 4.93. The minimum Gasteiger partial charge on any atom is -0.477 e. The molecule has 0 atom stereocenters. The van der Waals surface area contributed by atoms with Gasteiger partial charge in [0, 0.05) is 31.2 Å². The average molecular weight is 521 g/mol. The molecule has 1 aliphatic rings. The van der Waals surface area contributed by atoms with Crippen LogP contribution in [-0.2, 0) is 25.5 Å². The van der Waals surface area contributed by atoms with Gasteiger partial charge in [-0.3, -0.25) is 0 Å². The molecule has 4 rings (SSSR count). The third kappa shape index (κ3) is 3.37. The van der Waals surface area contributed by atoms with Gasteiger partial charge in [0.25, 0.3) is 0 Å². The zero-order valence-corrected chi connectivity index (χ0v) is 17.4. The number of fused-ring (bicyclic) bond motifs is 1. The number of hydrogen-bond donors (Lipinski definition) is 0. The van der Waals surface area contributed by atoms with Gasteiger partial charge in [-0.05, 0) is 12.1 Å². The van der Waals surface area contributed by atoms with Crippen molar-refractivity contribution in [2.24, 2.45) is 0 Å². The fraction of sp³-hybridized carbons (Fsp3) is 0.190. The van der Waals surface area contributed by atoms with Crippen molar-refractivity contribution < 1.29 is 20.1 Å². The maximum Gasteiger partial charge on any atom is 0.145 e. The van der Waals surface area contributed by atoms with Crippen molar-refractivity contribution in [3.05, 3.63) is 79.2 Å². The first-order valence-corrected chi connectivity index (χ1v) is 8.37. The number of anilines is 4. The molecule has 2 heterocycles. The molecular weight excluding hydrogens is 500 g/mol. The molecule has 1 aromatic heterocycles. The summed E-state index contributed by atoms with van der Waals surface area (Å²) in [6, 6.07) is 21.4. The second kappa shape index (κ2) is 7.18. The van der Waals surface area contributed by atoms with E-state index in [0.717, 1.165) is 28.7 Å². The SMILES string of the molecule is CC(C)(C)c1cnc2c(n1)N(c1[c-]cccc1)[CH-]N2c1ccccc1.[Ir]. The van der Waals surface area contributed by atoms with Gasteiger partial charge in [-0.15, -0.1) is 12.4 Å². The van der Waals surface area contributed by atoms with Gasteiger partial charge >= 0.3 is 0 Å². The Morgan fingerprint density at radius 3 is 2.31 bits per heavy atom. The minimum absolute atomic E-state index is 0. The van der Waals surface area contributed by atoms with E-state index in [1.165, 1.54) is 0 Å². The van der Waals surface area contributed by atoms with Crippen molar-refractivity contribution in [2.45, 2.75) is 26.2 Å². The van der Waals surface area contributed by atoms with Gasteiger partial charge in [0.15, 0.2) is 0 Å². The Labute approximate surface area is 168 Å². The molecule has 0 saturated carbocycles. The van der Waals surface area contributed by atoms with E-state index in [1.807, 2.05) is 60.2 Å². The minimum atomic E-state index is -0.0612. The third-order valence-corrected chi connectivity index (χ3v) is 4.18. The molecule has 3 aromatic rings. The van der Waals surface area contributed by atoms with Crippen LogP contribution in [0.15, 0.2) is 60.8 Å². The molecule has 26 heavy (non-hydrogen) atoms. The Bertz CT molecular complexity index is 876. The summed E-state index contributed by atoms with van der Waals surface area (Å²) in [7, 11) is 0. The van der Waals surface area contributed by atoms with E-state index in [2.05, 4.69) is 43.9 Å². The Hall–Kier alpha value is -2.23. The fourth-order valence-electron chi connectivity index (χ4n) is 2.78.